The fourth-order valence-corrected chi connectivity index (χ4v) is 4.02. The maximum absolute atomic E-state index is 13.0. The van der Waals surface area contributed by atoms with Crippen LogP contribution in [0.1, 0.15) is 38.8 Å². The second kappa shape index (κ2) is 10.9. The van der Waals surface area contributed by atoms with Crippen LogP contribution in [0.25, 0.3) is 0 Å². The Morgan fingerprint density at radius 3 is 2.19 bits per heavy atom. The van der Waals surface area contributed by atoms with Gasteiger partial charge in [0, 0.05) is 24.3 Å². The number of rotatable bonds is 9. The van der Waals surface area contributed by atoms with Crippen LogP contribution in [-0.2, 0) is 16.0 Å². The van der Waals surface area contributed by atoms with E-state index in [-0.39, 0.29) is 24.2 Å². The first-order chi connectivity index (χ1) is 17.5. The number of hydrogen-bond acceptors (Lipinski definition) is 7. The summed E-state index contributed by atoms with van der Waals surface area (Å²) in [5.74, 6) is -0.303. The maximum Gasteiger partial charge on any atom is 0.329 e. The Bertz CT molecular complexity index is 1280. The number of imide groups is 1. The number of fused-ring (bicyclic) bond motifs is 1. The molecule has 8 heteroatoms. The molecule has 0 aliphatic carbocycles. The van der Waals surface area contributed by atoms with Gasteiger partial charge in [-0.05, 0) is 48.9 Å². The normalized spacial score (nSPS) is 13.6. The van der Waals surface area contributed by atoms with E-state index in [1.54, 1.807) is 69.8 Å². The summed E-state index contributed by atoms with van der Waals surface area (Å²) in [6.07, 6.45) is 1.81. The Morgan fingerprint density at radius 2 is 1.61 bits per heavy atom. The predicted octanol–water partition coefficient (Wildman–Crippen LogP) is 4.22. The molecule has 1 aliphatic rings. The van der Waals surface area contributed by atoms with Crippen LogP contribution >= 0.6 is 0 Å². The predicted molar refractivity (Wildman–Crippen MR) is 134 cm³/mol. The number of benzene rings is 3. The molecule has 8 nitrogen and oxygen atoms in total. The first kappa shape index (κ1) is 24.7. The molecule has 0 spiro atoms. The Morgan fingerprint density at radius 1 is 0.944 bits per heavy atom. The average Bonchev–Trinajstić information content (AvgIpc) is 3.16. The van der Waals surface area contributed by atoms with Gasteiger partial charge in [-0.25, -0.2) is 4.79 Å². The van der Waals surface area contributed by atoms with Crippen LogP contribution in [0.4, 0.5) is 5.69 Å². The van der Waals surface area contributed by atoms with Gasteiger partial charge in [-0.2, -0.15) is 0 Å². The molecule has 36 heavy (non-hydrogen) atoms. The highest BCUT2D eigenvalue weighted by atomic mass is 16.5. The zero-order valence-electron chi connectivity index (χ0n) is 20.3. The van der Waals surface area contributed by atoms with Crippen LogP contribution in [0.3, 0.4) is 0 Å². The Kier molecular flexibility index (Phi) is 7.44. The van der Waals surface area contributed by atoms with Crippen molar-refractivity contribution in [3.8, 4) is 11.5 Å². The molecule has 0 N–H and O–H groups in total. The van der Waals surface area contributed by atoms with E-state index in [9.17, 15) is 14.4 Å². The molecule has 0 radical (unpaired) electrons. The lowest BCUT2D eigenvalue weighted by molar-refractivity contribution is -0.147. The monoisotopic (exact) mass is 486 g/mol. The van der Waals surface area contributed by atoms with E-state index in [4.69, 9.17) is 14.2 Å². The zero-order valence-corrected chi connectivity index (χ0v) is 20.3. The van der Waals surface area contributed by atoms with Gasteiger partial charge in [0.15, 0.2) is 0 Å². The molecule has 1 unspecified atom stereocenters. The molecule has 2 amide bonds. The molecule has 0 saturated heterocycles. The minimum Gasteiger partial charge on any atom is -0.497 e. The molecule has 3 aromatic carbocycles. The smallest absolute Gasteiger partial charge is 0.329 e. The first-order valence-corrected chi connectivity index (χ1v) is 11.5. The second-order valence-corrected chi connectivity index (χ2v) is 8.03. The van der Waals surface area contributed by atoms with E-state index in [2.05, 4.69) is 4.99 Å². The molecule has 0 saturated carbocycles. The van der Waals surface area contributed by atoms with Crippen molar-refractivity contribution in [2.24, 2.45) is 4.99 Å². The van der Waals surface area contributed by atoms with E-state index >= 15 is 0 Å². The van der Waals surface area contributed by atoms with E-state index < -0.39 is 23.8 Å². The highest BCUT2D eigenvalue weighted by molar-refractivity contribution is 6.22. The van der Waals surface area contributed by atoms with Crippen LogP contribution in [-0.4, -0.2) is 55.8 Å². The van der Waals surface area contributed by atoms with Gasteiger partial charge in [0.1, 0.15) is 17.5 Å². The molecule has 3 aromatic rings. The highest BCUT2D eigenvalue weighted by Gasteiger charge is 2.43. The quantitative estimate of drug-likeness (QED) is 0.255. The van der Waals surface area contributed by atoms with Crippen molar-refractivity contribution in [2.75, 3.05) is 20.8 Å². The topological polar surface area (TPSA) is 94.5 Å². The number of nitrogens with zero attached hydrogens (tertiary/aromatic N) is 2. The summed E-state index contributed by atoms with van der Waals surface area (Å²) in [5.41, 5.74) is 2.80. The summed E-state index contributed by atoms with van der Waals surface area (Å²) in [6, 6.07) is 18.1. The second-order valence-electron chi connectivity index (χ2n) is 8.03. The number of aliphatic imine (C=N–C) groups is 1. The lowest BCUT2D eigenvalue weighted by atomic mass is 10.0. The Balaban J connectivity index is 1.54. The van der Waals surface area contributed by atoms with Crippen LogP contribution in [0.5, 0.6) is 11.5 Å². The molecule has 184 valence electrons. The molecular weight excluding hydrogens is 460 g/mol. The SMILES string of the molecule is CCOC(=O)C(Cc1ccc(N=Cc2ccc(OC)cc2OC)cc1)N1C(=O)c2ccccc2C1=O. The van der Waals surface area contributed by atoms with Gasteiger partial charge in [0.05, 0.1) is 37.6 Å². The van der Waals surface area contributed by atoms with Crippen LogP contribution in [0.15, 0.2) is 71.7 Å². The first-order valence-electron chi connectivity index (χ1n) is 11.5. The molecule has 0 bridgehead atoms. The van der Waals surface area contributed by atoms with Crippen LogP contribution in [0, 0.1) is 0 Å². The molecule has 4 rings (SSSR count). The van der Waals surface area contributed by atoms with Gasteiger partial charge in [0.25, 0.3) is 11.8 Å². The number of esters is 1. The van der Waals surface area contributed by atoms with Crippen molar-refractivity contribution in [1.29, 1.82) is 0 Å². The summed E-state index contributed by atoms with van der Waals surface area (Å²) in [4.78, 5) is 44.2. The van der Waals surface area contributed by atoms with E-state index in [0.717, 1.165) is 16.0 Å². The van der Waals surface area contributed by atoms with Gasteiger partial charge in [-0.3, -0.25) is 19.5 Å². The summed E-state index contributed by atoms with van der Waals surface area (Å²) in [7, 11) is 3.17. The Hall–Kier alpha value is -4.46. The number of amides is 2. The fraction of sp³-hybridized carbons (Fsp3) is 0.214. The summed E-state index contributed by atoms with van der Waals surface area (Å²) in [6.45, 7) is 1.82. The third-order valence-corrected chi connectivity index (χ3v) is 5.85. The minimum absolute atomic E-state index is 0.126. The molecule has 0 fully saturated rings. The Labute approximate surface area is 209 Å². The van der Waals surface area contributed by atoms with Crippen LogP contribution in [0.2, 0.25) is 0 Å². The lowest BCUT2D eigenvalue weighted by Crippen LogP contribution is -2.47. The van der Waals surface area contributed by atoms with Gasteiger partial charge >= 0.3 is 5.97 Å². The fourth-order valence-electron chi connectivity index (χ4n) is 4.02. The van der Waals surface area contributed by atoms with Crippen LogP contribution < -0.4 is 9.47 Å². The maximum atomic E-state index is 13.0. The summed E-state index contributed by atoms with van der Waals surface area (Å²) < 4.78 is 15.8. The van der Waals surface area contributed by atoms with E-state index in [1.807, 2.05) is 24.3 Å². The minimum atomic E-state index is -1.07. The van der Waals surface area contributed by atoms with Gasteiger partial charge in [0.2, 0.25) is 0 Å². The number of carbonyl (C=O) groups excluding carboxylic acids is 3. The van der Waals surface area contributed by atoms with Crippen molar-refractivity contribution in [1.82, 2.24) is 4.90 Å². The summed E-state index contributed by atoms with van der Waals surface area (Å²) >= 11 is 0. The average molecular weight is 487 g/mol. The standard InChI is InChI=1S/C28H26N2O6/c1-4-36-28(33)24(30-26(31)22-7-5-6-8-23(22)27(30)32)15-18-9-12-20(13-10-18)29-17-19-11-14-21(34-2)16-25(19)35-3/h5-14,16-17,24H,4,15H2,1-3H3. The number of methoxy groups -OCH3 is 2. The van der Waals surface area contributed by atoms with Gasteiger partial charge in [-0.1, -0.05) is 24.3 Å². The number of ether oxygens (including phenoxy) is 3. The number of hydrogen-bond donors (Lipinski definition) is 0. The third kappa shape index (κ3) is 4.98. The molecule has 1 aliphatic heterocycles. The lowest BCUT2D eigenvalue weighted by Gasteiger charge is -2.24. The molecule has 1 atom stereocenters. The van der Waals surface area contributed by atoms with Crippen molar-refractivity contribution in [2.45, 2.75) is 19.4 Å². The van der Waals surface area contributed by atoms with Crippen molar-refractivity contribution in [3.05, 3.63) is 89.0 Å². The third-order valence-electron chi connectivity index (χ3n) is 5.85. The largest absolute Gasteiger partial charge is 0.497 e. The van der Waals surface area contributed by atoms with Gasteiger partial charge < -0.3 is 14.2 Å². The highest BCUT2D eigenvalue weighted by Crippen LogP contribution is 2.27. The van der Waals surface area contributed by atoms with Gasteiger partial charge in [-0.15, -0.1) is 0 Å². The summed E-state index contributed by atoms with van der Waals surface area (Å²) in [5, 5.41) is 0. The van der Waals surface area contributed by atoms with Crippen molar-refractivity contribution in [3.63, 3.8) is 0 Å². The molecule has 1 heterocycles. The van der Waals surface area contributed by atoms with E-state index in [1.165, 1.54) is 0 Å². The zero-order chi connectivity index (χ0) is 25.7. The number of carbonyl (C=O) groups is 3. The van der Waals surface area contributed by atoms with Crippen molar-refractivity contribution < 1.29 is 28.6 Å². The molecule has 0 aromatic heterocycles. The molecular formula is C28H26N2O6. The van der Waals surface area contributed by atoms with E-state index in [0.29, 0.717) is 17.2 Å². The van der Waals surface area contributed by atoms with Crippen molar-refractivity contribution >= 4 is 29.7 Å².